The maximum atomic E-state index is 12.0. The van der Waals surface area contributed by atoms with Gasteiger partial charge in [0.1, 0.15) is 0 Å². The number of ether oxygens (including phenoxy) is 2. The third-order valence-corrected chi connectivity index (χ3v) is 3.41. The van der Waals surface area contributed by atoms with Crippen molar-refractivity contribution >= 4 is 11.9 Å². The fraction of sp³-hybridized carbons (Fsp3) is 0.444. The van der Waals surface area contributed by atoms with Gasteiger partial charge in [-0.25, -0.2) is 4.79 Å². The molecule has 1 aromatic rings. The first-order valence-corrected chi connectivity index (χ1v) is 7.71. The van der Waals surface area contributed by atoms with Gasteiger partial charge < -0.3 is 14.8 Å². The van der Waals surface area contributed by atoms with Crippen LogP contribution < -0.4 is 5.32 Å². The van der Waals surface area contributed by atoms with Crippen LogP contribution in [0.3, 0.4) is 0 Å². The minimum atomic E-state index is -0.861. The van der Waals surface area contributed by atoms with Crippen LogP contribution in [-0.2, 0) is 19.1 Å². The van der Waals surface area contributed by atoms with E-state index < -0.39 is 18.2 Å². The first kappa shape index (κ1) is 18.9. The van der Waals surface area contributed by atoms with Crippen molar-refractivity contribution in [3.8, 4) is 0 Å². The molecule has 0 saturated heterocycles. The Labute approximate surface area is 137 Å². The molecule has 23 heavy (non-hydrogen) atoms. The lowest BCUT2D eigenvalue weighted by molar-refractivity contribution is -0.164. The highest BCUT2D eigenvalue weighted by molar-refractivity contribution is 5.84. The van der Waals surface area contributed by atoms with E-state index in [1.807, 2.05) is 37.3 Å². The molecule has 1 N–H and O–H groups in total. The summed E-state index contributed by atoms with van der Waals surface area (Å²) < 4.78 is 10.3. The van der Waals surface area contributed by atoms with Crippen molar-refractivity contribution < 1.29 is 19.1 Å². The summed E-state index contributed by atoms with van der Waals surface area (Å²) in [5.74, 6) is -0.708. The SMILES string of the molecule is C=CCOC(C)C(=O)OC(C)C(=O)NCC(C)c1ccccc1. The van der Waals surface area contributed by atoms with Gasteiger partial charge >= 0.3 is 5.97 Å². The summed E-state index contributed by atoms with van der Waals surface area (Å²) in [5.41, 5.74) is 1.14. The predicted octanol–water partition coefficient (Wildman–Crippen LogP) is 2.43. The number of amides is 1. The lowest BCUT2D eigenvalue weighted by Crippen LogP contribution is -2.39. The summed E-state index contributed by atoms with van der Waals surface area (Å²) in [6.07, 6.45) is -0.0445. The van der Waals surface area contributed by atoms with Gasteiger partial charge in [0.15, 0.2) is 12.2 Å². The highest BCUT2D eigenvalue weighted by Gasteiger charge is 2.22. The molecule has 0 aliphatic carbocycles. The zero-order valence-corrected chi connectivity index (χ0v) is 14.0. The summed E-state index contributed by atoms with van der Waals surface area (Å²) in [4.78, 5) is 23.8. The van der Waals surface area contributed by atoms with E-state index in [1.54, 1.807) is 19.9 Å². The molecule has 0 heterocycles. The number of hydrogen-bond donors (Lipinski definition) is 1. The molecule has 5 nitrogen and oxygen atoms in total. The molecule has 1 amide bonds. The van der Waals surface area contributed by atoms with Crippen molar-refractivity contribution in [1.82, 2.24) is 5.32 Å². The molecule has 0 radical (unpaired) electrons. The Bertz CT molecular complexity index is 515. The average molecular weight is 319 g/mol. The molecule has 1 aromatic carbocycles. The standard InChI is InChI=1S/C18H25NO4/c1-5-11-22-15(4)18(21)23-14(3)17(20)19-12-13(2)16-9-7-6-8-10-16/h5-10,13-15H,1,11-12H2,2-4H3,(H,19,20). The highest BCUT2D eigenvalue weighted by atomic mass is 16.6. The molecule has 3 atom stereocenters. The van der Waals surface area contributed by atoms with Crippen LogP contribution in [0.25, 0.3) is 0 Å². The normalized spacial score (nSPS) is 14.4. The predicted molar refractivity (Wildman–Crippen MR) is 89.0 cm³/mol. The zero-order chi connectivity index (χ0) is 17.2. The van der Waals surface area contributed by atoms with Crippen LogP contribution in [0.2, 0.25) is 0 Å². The molecule has 0 aromatic heterocycles. The molecule has 5 heteroatoms. The van der Waals surface area contributed by atoms with E-state index in [4.69, 9.17) is 9.47 Å². The molecule has 126 valence electrons. The molecule has 0 saturated carbocycles. The Morgan fingerprint density at radius 3 is 2.43 bits per heavy atom. The number of rotatable bonds is 9. The maximum absolute atomic E-state index is 12.0. The van der Waals surface area contributed by atoms with Gasteiger partial charge in [-0.05, 0) is 25.3 Å². The van der Waals surface area contributed by atoms with Crippen LogP contribution >= 0.6 is 0 Å². The molecule has 0 bridgehead atoms. The van der Waals surface area contributed by atoms with Crippen molar-refractivity contribution in [3.05, 3.63) is 48.6 Å². The van der Waals surface area contributed by atoms with Crippen molar-refractivity contribution in [3.63, 3.8) is 0 Å². The Morgan fingerprint density at radius 1 is 1.17 bits per heavy atom. The average Bonchev–Trinajstić information content (AvgIpc) is 2.57. The van der Waals surface area contributed by atoms with E-state index in [1.165, 1.54) is 0 Å². The van der Waals surface area contributed by atoms with E-state index in [-0.39, 0.29) is 18.4 Å². The Morgan fingerprint density at radius 2 is 1.83 bits per heavy atom. The summed E-state index contributed by atoms with van der Waals surface area (Å²) in [6, 6.07) is 9.90. The van der Waals surface area contributed by atoms with Gasteiger partial charge in [-0.1, -0.05) is 43.3 Å². The van der Waals surface area contributed by atoms with Crippen LogP contribution in [0.5, 0.6) is 0 Å². The fourth-order valence-electron chi connectivity index (χ4n) is 1.90. The van der Waals surface area contributed by atoms with E-state index in [0.29, 0.717) is 6.54 Å². The summed E-state index contributed by atoms with van der Waals surface area (Å²) in [5, 5.41) is 2.79. The number of esters is 1. The first-order valence-electron chi connectivity index (χ1n) is 7.71. The number of carbonyl (C=O) groups excluding carboxylic acids is 2. The van der Waals surface area contributed by atoms with E-state index in [0.717, 1.165) is 5.56 Å². The number of benzene rings is 1. The lowest BCUT2D eigenvalue weighted by Gasteiger charge is -2.18. The Balaban J connectivity index is 2.39. The van der Waals surface area contributed by atoms with Crippen molar-refractivity contribution in [2.45, 2.75) is 38.9 Å². The number of carbonyl (C=O) groups is 2. The van der Waals surface area contributed by atoms with E-state index in [9.17, 15) is 9.59 Å². The highest BCUT2D eigenvalue weighted by Crippen LogP contribution is 2.13. The second-order valence-electron chi connectivity index (χ2n) is 5.40. The topological polar surface area (TPSA) is 64.6 Å². The smallest absolute Gasteiger partial charge is 0.335 e. The molecular weight excluding hydrogens is 294 g/mol. The molecule has 0 aliphatic rings. The van der Waals surface area contributed by atoms with Gasteiger partial charge in [-0.2, -0.15) is 0 Å². The van der Waals surface area contributed by atoms with Crippen LogP contribution in [0, 0.1) is 0 Å². The van der Waals surface area contributed by atoms with E-state index >= 15 is 0 Å². The quantitative estimate of drug-likeness (QED) is 0.561. The largest absolute Gasteiger partial charge is 0.451 e. The number of hydrogen-bond acceptors (Lipinski definition) is 4. The van der Waals surface area contributed by atoms with E-state index in [2.05, 4.69) is 11.9 Å². The van der Waals surface area contributed by atoms with Gasteiger partial charge in [0.2, 0.25) is 0 Å². The zero-order valence-electron chi connectivity index (χ0n) is 14.0. The molecular formula is C18H25NO4. The number of nitrogens with one attached hydrogen (secondary N) is 1. The Kier molecular flexibility index (Phi) is 8.05. The van der Waals surface area contributed by atoms with Crippen LogP contribution in [0.1, 0.15) is 32.3 Å². The fourth-order valence-corrected chi connectivity index (χ4v) is 1.90. The van der Waals surface area contributed by atoms with Gasteiger partial charge in [0, 0.05) is 6.54 Å². The third kappa shape index (κ3) is 6.65. The van der Waals surface area contributed by atoms with Gasteiger partial charge in [0.05, 0.1) is 6.61 Å². The van der Waals surface area contributed by atoms with Crippen molar-refractivity contribution in [2.24, 2.45) is 0 Å². The second-order valence-corrected chi connectivity index (χ2v) is 5.40. The van der Waals surface area contributed by atoms with Crippen LogP contribution in [0.15, 0.2) is 43.0 Å². The Hall–Kier alpha value is -2.14. The summed E-state index contributed by atoms with van der Waals surface area (Å²) >= 11 is 0. The second kappa shape index (κ2) is 9.79. The third-order valence-electron chi connectivity index (χ3n) is 3.41. The molecule has 0 fully saturated rings. The molecule has 0 spiro atoms. The monoisotopic (exact) mass is 319 g/mol. The minimum Gasteiger partial charge on any atom is -0.451 e. The van der Waals surface area contributed by atoms with Crippen LogP contribution in [0.4, 0.5) is 0 Å². The van der Waals surface area contributed by atoms with Crippen LogP contribution in [-0.4, -0.2) is 37.2 Å². The summed E-state index contributed by atoms with van der Waals surface area (Å²) in [7, 11) is 0. The lowest BCUT2D eigenvalue weighted by atomic mass is 10.0. The van der Waals surface area contributed by atoms with Crippen molar-refractivity contribution in [1.29, 1.82) is 0 Å². The van der Waals surface area contributed by atoms with Gasteiger partial charge in [-0.15, -0.1) is 6.58 Å². The summed E-state index contributed by atoms with van der Waals surface area (Å²) in [6.45, 7) is 9.39. The molecule has 0 aliphatic heterocycles. The van der Waals surface area contributed by atoms with Crippen molar-refractivity contribution in [2.75, 3.05) is 13.2 Å². The minimum absolute atomic E-state index is 0.179. The van der Waals surface area contributed by atoms with Gasteiger partial charge in [0.25, 0.3) is 5.91 Å². The maximum Gasteiger partial charge on any atom is 0.335 e. The first-order chi connectivity index (χ1) is 11.0. The van der Waals surface area contributed by atoms with Gasteiger partial charge in [-0.3, -0.25) is 4.79 Å². The molecule has 3 unspecified atom stereocenters. The molecule has 1 rings (SSSR count).